The van der Waals surface area contributed by atoms with Gasteiger partial charge in [0.1, 0.15) is 0 Å². The van der Waals surface area contributed by atoms with Crippen LogP contribution in [0.3, 0.4) is 0 Å². The number of thioether (sulfide) groups is 1. The zero-order valence-corrected chi connectivity index (χ0v) is 12.3. The molecule has 0 amide bonds. The van der Waals surface area contributed by atoms with E-state index in [1.165, 1.54) is 0 Å². The number of aliphatic imine (C=N–C) groups is 1. The molecule has 0 spiro atoms. The van der Waals surface area contributed by atoms with E-state index < -0.39 is 0 Å². The fourth-order valence-corrected chi connectivity index (χ4v) is 3.24. The third kappa shape index (κ3) is 2.90. The Kier molecular flexibility index (Phi) is 3.62. The summed E-state index contributed by atoms with van der Waals surface area (Å²) in [5, 5.41) is 2.04. The van der Waals surface area contributed by atoms with Gasteiger partial charge < -0.3 is 4.90 Å². The van der Waals surface area contributed by atoms with Crippen LogP contribution < -0.4 is 0 Å². The van der Waals surface area contributed by atoms with Crippen molar-refractivity contribution in [1.82, 2.24) is 4.90 Å². The van der Waals surface area contributed by atoms with Crippen molar-refractivity contribution < 1.29 is 0 Å². The van der Waals surface area contributed by atoms with Crippen LogP contribution in [0.25, 0.3) is 0 Å². The van der Waals surface area contributed by atoms with Gasteiger partial charge in [0.2, 0.25) is 0 Å². The van der Waals surface area contributed by atoms with Crippen LogP contribution in [-0.2, 0) is 0 Å². The Morgan fingerprint density at radius 1 is 1.35 bits per heavy atom. The van der Waals surface area contributed by atoms with Gasteiger partial charge in [0.15, 0.2) is 5.17 Å². The van der Waals surface area contributed by atoms with Crippen LogP contribution in [0.1, 0.15) is 13.8 Å². The fourth-order valence-electron chi connectivity index (χ4n) is 1.79. The smallest absolute Gasteiger partial charge is 0.164 e. The lowest BCUT2D eigenvalue weighted by molar-refractivity contribution is 0.477. The summed E-state index contributed by atoms with van der Waals surface area (Å²) in [6.07, 6.45) is 0. The molecule has 0 aromatic heterocycles. The van der Waals surface area contributed by atoms with Gasteiger partial charge in [-0.1, -0.05) is 41.0 Å². The van der Waals surface area contributed by atoms with E-state index in [4.69, 9.17) is 23.2 Å². The van der Waals surface area contributed by atoms with E-state index in [0.29, 0.717) is 10.0 Å². The molecule has 0 radical (unpaired) electrons. The molecule has 1 saturated heterocycles. The number of benzene rings is 1. The van der Waals surface area contributed by atoms with Gasteiger partial charge in [-0.2, -0.15) is 0 Å². The number of halogens is 2. The molecule has 92 valence electrons. The Morgan fingerprint density at radius 2 is 2.06 bits per heavy atom. The second-order valence-electron chi connectivity index (χ2n) is 4.69. The van der Waals surface area contributed by atoms with Crippen LogP contribution in [0.5, 0.6) is 0 Å². The molecule has 0 aliphatic carbocycles. The normalized spacial score (nSPS) is 21.2. The van der Waals surface area contributed by atoms with E-state index in [1.807, 2.05) is 19.2 Å². The molecule has 17 heavy (non-hydrogen) atoms. The van der Waals surface area contributed by atoms with Crippen molar-refractivity contribution in [2.75, 3.05) is 13.6 Å². The van der Waals surface area contributed by atoms with Gasteiger partial charge in [0.05, 0.1) is 15.7 Å². The van der Waals surface area contributed by atoms with E-state index in [9.17, 15) is 0 Å². The number of hydrogen-bond acceptors (Lipinski definition) is 2. The number of nitrogens with zero attached hydrogens (tertiary/aromatic N) is 2. The summed E-state index contributed by atoms with van der Waals surface area (Å²) in [5.74, 6) is 0. The highest BCUT2D eigenvalue weighted by Crippen LogP contribution is 2.38. The topological polar surface area (TPSA) is 15.6 Å². The molecule has 1 aliphatic rings. The van der Waals surface area contributed by atoms with Crippen molar-refractivity contribution in [2.45, 2.75) is 18.6 Å². The Bertz CT molecular complexity index is 472. The lowest BCUT2D eigenvalue weighted by Gasteiger charge is -2.13. The van der Waals surface area contributed by atoms with Gasteiger partial charge in [-0.15, -0.1) is 0 Å². The van der Waals surface area contributed by atoms with Crippen molar-refractivity contribution in [3.8, 4) is 0 Å². The highest BCUT2D eigenvalue weighted by atomic mass is 35.5. The zero-order valence-electron chi connectivity index (χ0n) is 10.00. The average molecular weight is 289 g/mol. The van der Waals surface area contributed by atoms with Crippen molar-refractivity contribution >= 4 is 45.8 Å². The summed E-state index contributed by atoms with van der Waals surface area (Å²) in [4.78, 5) is 6.73. The van der Waals surface area contributed by atoms with Gasteiger partial charge in [-0.3, -0.25) is 0 Å². The summed E-state index contributed by atoms with van der Waals surface area (Å²) < 4.78 is 0.193. The monoisotopic (exact) mass is 288 g/mol. The highest BCUT2D eigenvalue weighted by Gasteiger charge is 2.33. The second kappa shape index (κ2) is 4.71. The molecule has 1 aliphatic heterocycles. The molecule has 1 heterocycles. The molecule has 2 rings (SSSR count). The minimum atomic E-state index is 0.193. The Hall–Kier alpha value is -0.380. The maximum Gasteiger partial charge on any atom is 0.164 e. The first kappa shape index (κ1) is 13.1. The Morgan fingerprint density at radius 3 is 2.65 bits per heavy atom. The molecule has 1 aromatic carbocycles. The van der Waals surface area contributed by atoms with Crippen molar-refractivity contribution in [3.63, 3.8) is 0 Å². The van der Waals surface area contributed by atoms with Gasteiger partial charge in [-0.05, 0) is 26.0 Å². The second-order valence-corrected chi connectivity index (χ2v) is 7.14. The minimum absolute atomic E-state index is 0.193. The molecule has 1 aromatic rings. The zero-order chi connectivity index (χ0) is 12.6. The number of amidine groups is 1. The maximum atomic E-state index is 6.12. The molecule has 5 heteroatoms. The molecule has 1 fully saturated rings. The lowest BCUT2D eigenvalue weighted by atomic mass is 10.2. The molecule has 2 nitrogen and oxygen atoms in total. The average Bonchev–Trinajstić information content (AvgIpc) is 2.47. The van der Waals surface area contributed by atoms with E-state index >= 15 is 0 Å². The predicted octanol–water partition coefficient (Wildman–Crippen LogP) is 4.44. The maximum absolute atomic E-state index is 6.12. The van der Waals surface area contributed by atoms with Crippen LogP contribution >= 0.6 is 35.0 Å². The third-order valence-electron chi connectivity index (χ3n) is 2.46. The summed E-state index contributed by atoms with van der Waals surface area (Å²) in [6.45, 7) is 5.39. The van der Waals surface area contributed by atoms with E-state index in [0.717, 1.165) is 17.4 Å². The van der Waals surface area contributed by atoms with Crippen LogP contribution in [0.4, 0.5) is 5.69 Å². The Labute approximate surface area is 116 Å². The quantitative estimate of drug-likeness (QED) is 0.759. The van der Waals surface area contributed by atoms with Crippen LogP contribution in [-0.4, -0.2) is 28.4 Å². The van der Waals surface area contributed by atoms with Crippen molar-refractivity contribution in [3.05, 3.63) is 28.2 Å². The summed E-state index contributed by atoms with van der Waals surface area (Å²) in [7, 11) is 2.04. The molecule has 0 saturated carbocycles. The standard InChI is InChI=1S/C12H14Cl2N2S/c1-12(2)7-16(3)11(17-12)15-9-6-4-5-8(13)10(9)14/h4-6H,7H2,1-3H3. The minimum Gasteiger partial charge on any atom is -0.353 e. The van der Waals surface area contributed by atoms with Crippen LogP contribution in [0.2, 0.25) is 10.0 Å². The highest BCUT2D eigenvalue weighted by molar-refractivity contribution is 8.15. The summed E-state index contributed by atoms with van der Waals surface area (Å²) >= 11 is 13.9. The van der Waals surface area contributed by atoms with Gasteiger partial charge in [0.25, 0.3) is 0 Å². The lowest BCUT2D eigenvalue weighted by Crippen LogP contribution is -2.24. The molecule has 0 N–H and O–H groups in total. The molecule has 0 atom stereocenters. The van der Waals surface area contributed by atoms with Gasteiger partial charge in [0, 0.05) is 18.3 Å². The molecule has 0 bridgehead atoms. The fraction of sp³-hybridized carbons (Fsp3) is 0.417. The number of rotatable bonds is 1. The van der Waals surface area contributed by atoms with E-state index in [2.05, 4.69) is 23.7 Å². The van der Waals surface area contributed by atoms with E-state index in [1.54, 1.807) is 17.8 Å². The van der Waals surface area contributed by atoms with Crippen LogP contribution in [0.15, 0.2) is 23.2 Å². The number of hydrogen-bond donors (Lipinski definition) is 0. The molecular weight excluding hydrogens is 275 g/mol. The first-order valence-electron chi connectivity index (χ1n) is 5.32. The molecule has 0 unspecified atom stereocenters. The van der Waals surface area contributed by atoms with Gasteiger partial charge >= 0.3 is 0 Å². The first-order chi connectivity index (χ1) is 7.89. The summed E-state index contributed by atoms with van der Waals surface area (Å²) in [5.41, 5.74) is 0.728. The SMILES string of the molecule is CN1CC(C)(C)SC1=Nc1cccc(Cl)c1Cl. The van der Waals surface area contributed by atoms with Crippen molar-refractivity contribution in [2.24, 2.45) is 4.99 Å². The van der Waals surface area contributed by atoms with Gasteiger partial charge in [-0.25, -0.2) is 4.99 Å². The first-order valence-corrected chi connectivity index (χ1v) is 6.89. The largest absolute Gasteiger partial charge is 0.353 e. The summed E-state index contributed by atoms with van der Waals surface area (Å²) in [6, 6.07) is 5.50. The van der Waals surface area contributed by atoms with Crippen molar-refractivity contribution in [1.29, 1.82) is 0 Å². The van der Waals surface area contributed by atoms with E-state index in [-0.39, 0.29) is 4.75 Å². The molecular formula is C12H14Cl2N2S. The Balaban J connectivity index is 2.34. The predicted molar refractivity (Wildman–Crippen MR) is 77.9 cm³/mol. The van der Waals surface area contributed by atoms with Crippen LogP contribution in [0, 0.1) is 0 Å². The third-order valence-corrected chi connectivity index (χ3v) is 4.54.